The van der Waals surface area contributed by atoms with Gasteiger partial charge in [0.15, 0.2) is 0 Å². The monoisotopic (exact) mass is 209 g/mol. The molecule has 0 saturated carbocycles. The lowest BCUT2D eigenvalue weighted by molar-refractivity contribution is -0.132. The van der Waals surface area contributed by atoms with E-state index >= 15 is 0 Å². The minimum atomic E-state index is 0.0707. The summed E-state index contributed by atoms with van der Waals surface area (Å²) in [5.74, 6) is 0.215. The van der Waals surface area contributed by atoms with Crippen LogP contribution in [-0.2, 0) is 4.79 Å². The quantitative estimate of drug-likeness (QED) is 0.388. The number of carbonyl (C=O) groups is 1. The summed E-state index contributed by atoms with van der Waals surface area (Å²) in [7, 11) is 0. The summed E-state index contributed by atoms with van der Waals surface area (Å²) >= 11 is 0. The Labute approximate surface area is 88.5 Å². The Hall–Kier alpha value is -1.26. The van der Waals surface area contributed by atoms with Gasteiger partial charge in [0.25, 0.3) is 0 Å². The highest BCUT2D eigenvalue weighted by molar-refractivity contribution is 5.78. The molecule has 2 heterocycles. The third kappa shape index (κ3) is 2.40. The van der Waals surface area contributed by atoms with Crippen molar-refractivity contribution in [3.8, 4) is 0 Å². The molecule has 0 aromatic heterocycles. The molecular weight excluding hydrogens is 194 g/mol. The highest BCUT2D eigenvalue weighted by Crippen LogP contribution is 2.13. The van der Waals surface area contributed by atoms with Crippen molar-refractivity contribution in [2.45, 2.75) is 18.9 Å². The highest BCUT2D eigenvalue weighted by Gasteiger charge is 2.29. The van der Waals surface area contributed by atoms with Crippen molar-refractivity contribution in [3.05, 3.63) is 10.4 Å². The number of amides is 1. The molecule has 6 nitrogen and oxygen atoms in total. The van der Waals surface area contributed by atoms with Crippen LogP contribution in [0.3, 0.4) is 0 Å². The molecule has 2 rings (SSSR count). The summed E-state index contributed by atoms with van der Waals surface area (Å²) < 4.78 is 0. The van der Waals surface area contributed by atoms with E-state index in [0.29, 0.717) is 6.54 Å². The summed E-state index contributed by atoms with van der Waals surface area (Å²) in [5.41, 5.74) is 8.21. The molecular formula is C9H15N5O. The molecule has 0 aromatic rings. The van der Waals surface area contributed by atoms with Crippen molar-refractivity contribution in [1.29, 1.82) is 0 Å². The Bertz CT molecular complexity index is 287. The van der Waals surface area contributed by atoms with E-state index in [-0.39, 0.29) is 11.9 Å². The van der Waals surface area contributed by atoms with Crippen molar-refractivity contribution < 1.29 is 4.79 Å². The minimum Gasteiger partial charge on any atom is -0.342 e. The van der Waals surface area contributed by atoms with E-state index in [4.69, 9.17) is 5.53 Å². The van der Waals surface area contributed by atoms with E-state index in [9.17, 15) is 4.79 Å². The van der Waals surface area contributed by atoms with Crippen LogP contribution in [-0.4, -0.2) is 54.5 Å². The molecule has 0 radical (unpaired) electrons. The van der Waals surface area contributed by atoms with Crippen molar-refractivity contribution >= 4 is 5.91 Å². The first-order valence-electron chi connectivity index (χ1n) is 5.34. The van der Waals surface area contributed by atoms with Gasteiger partial charge in [-0.2, -0.15) is 0 Å². The predicted octanol–water partition coefficient (Wildman–Crippen LogP) is 0.603. The van der Waals surface area contributed by atoms with Gasteiger partial charge in [0.1, 0.15) is 0 Å². The van der Waals surface area contributed by atoms with Gasteiger partial charge >= 0.3 is 0 Å². The van der Waals surface area contributed by atoms with Crippen LogP contribution in [0.2, 0.25) is 0 Å². The number of likely N-dealkylation sites (tertiary alicyclic amines) is 2. The number of azide groups is 1. The van der Waals surface area contributed by atoms with Gasteiger partial charge in [0.05, 0.1) is 12.6 Å². The van der Waals surface area contributed by atoms with Gasteiger partial charge in [0, 0.05) is 31.1 Å². The largest absolute Gasteiger partial charge is 0.342 e. The Kier molecular flexibility index (Phi) is 3.08. The molecule has 1 amide bonds. The lowest BCUT2D eigenvalue weighted by Crippen LogP contribution is -2.53. The van der Waals surface area contributed by atoms with Crippen LogP contribution in [0, 0.1) is 0 Å². The summed E-state index contributed by atoms with van der Waals surface area (Å²) in [6.07, 6.45) is 2.26. The predicted molar refractivity (Wildman–Crippen MR) is 55.2 cm³/mol. The molecule has 0 unspecified atom stereocenters. The Morgan fingerprint density at radius 1 is 1.40 bits per heavy atom. The first-order chi connectivity index (χ1) is 7.29. The molecule has 0 aliphatic carbocycles. The topological polar surface area (TPSA) is 72.3 Å². The summed E-state index contributed by atoms with van der Waals surface area (Å²) in [6.45, 7) is 3.75. The van der Waals surface area contributed by atoms with Gasteiger partial charge in [0.2, 0.25) is 5.91 Å². The molecule has 2 aliphatic heterocycles. The van der Waals surface area contributed by atoms with Crippen molar-refractivity contribution in [2.24, 2.45) is 5.11 Å². The maximum atomic E-state index is 11.7. The average Bonchev–Trinajstić information content (AvgIpc) is 2.67. The number of hydrogen-bond donors (Lipinski definition) is 0. The van der Waals surface area contributed by atoms with Crippen LogP contribution < -0.4 is 0 Å². The lowest BCUT2D eigenvalue weighted by atomic mass is 10.1. The van der Waals surface area contributed by atoms with Crippen LogP contribution in [0.25, 0.3) is 10.4 Å². The SMILES string of the molecule is [N-]=[N+]=NC1CN(CC(=O)N2CCCC2)C1. The number of carbonyl (C=O) groups excluding carboxylic acids is 1. The third-order valence-electron chi connectivity index (χ3n) is 2.97. The smallest absolute Gasteiger partial charge is 0.236 e. The van der Waals surface area contributed by atoms with Gasteiger partial charge in [-0.15, -0.1) is 0 Å². The van der Waals surface area contributed by atoms with Gasteiger partial charge in [-0.05, 0) is 18.4 Å². The average molecular weight is 209 g/mol. The minimum absolute atomic E-state index is 0.0707. The Morgan fingerprint density at radius 2 is 2.07 bits per heavy atom. The summed E-state index contributed by atoms with van der Waals surface area (Å²) in [4.78, 5) is 18.4. The molecule has 82 valence electrons. The fraction of sp³-hybridized carbons (Fsp3) is 0.889. The van der Waals surface area contributed by atoms with Crippen molar-refractivity contribution in [3.63, 3.8) is 0 Å². The maximum Gasteiger partial charge on any atom is 0.236 e. The molecule has 0 aromatic carbocycles. The van der Waals surface area contributed by atoms with E-state index < -0.39 is 0 Å². The van der Waals surface area contributed by atoms with E-state index in [0.717, 1.165) is 39.0 Å². The number of hydrogen-bond acceptors (Lipinski definition) is 3. The van der Waals surface area contributed by atoms with Gasteiger partial charge in [-0.25, -0.2) is 0 Å². The Morgan fingerprint density at radius 3 is 2.67 bits per heavy atom. The zero-order valence-electron chi connectivity index (χ0n) is 8.67. The summed E-state index contributed by atoms with van der Waals surface area (Å²) in [5, 5.41) is 3.60. The molecule has 2 fully saturated rings. The second kappa shape index (κ2) is 4.51. The fourth-order valence-corrected chi connectivity index (χ4v) is 2.08. The highest BCUT2D eigenvalue weighted by atomic mass is 16.2. The van der Waals surface area contributed by atoms with Gasteiger partial charge < -0.3 is 4.90 Å². The molecule has 0 bridgehead atoms. The molecule has 0 N–H and O–H groups in total. The number of rotatable bonds is 3. The standard InChI is InChI=1S/C9H15N5O/c10-12-11-8-5-13(6-8)7-9(15)14-3-1-2-4-14/h8H,1-7H2. The lowest BCUT2D eigenvalue weighted by Gasteiger charge is -2.36. The Balaban J connectivity index is 1.70. The second-order valence-corrected chi connectivity index (χ2v) is 4.14. The normalized spacial score (nSPS) is 22.3. The van der Waals surface area contributed by atoms with E-state index in [1.807, 2.05) is 9.80 Å². The zero-order valence-corrected chi connectivity index (χ0v) is 8.67. The number of nitrogens with zero attached hydrogens (tertiary/aromatic N) is 5. The van der Waals surface area contributed by atoms with Crippen molar-refractivity contribution in [1.82, 2.24) is 9.80 Å². The molecule has 2 saturated heterocycles. The van der Waals surface area contributed by atoms with Gasteiger partial charge in [-0.1, -0.05) is 5.11 Å². The van der Waals surface area contributed by atoms with Crippen LogP contribution in [0.5, 0.6) is 0 Å². The molecule has 2 aliphatic rings. The fourth-order valence-electron chi connectivity index (χ4n) is 2.08. The van der Waals surface area contributed by atoms with Crippen LogP contribution in [0.1, 0.15) is 12.8 Å². The first kappa shape index (κ1) is 10.3. The van der Waals surface area contributed by atoms with Crippen molar-refractivity contribution in [2.75, 3.05) is 32.7 Å². The van der Waals surface area contributed by atoms with Gasteiger partial charge in [-0.3, -0.25) is 9.69 Å². The van der Waals surface area contributed by atoms with Crippen LogP contribution >= 0.6 is 0 Å². The second-order valence-electron chi connectivity index (χ2n) is 4.14. The third-order valence-corrected chi connectivity index (χ3v) is 2.97. The first-order valence-corrected chi connectivity index (χ1v) is 5.34. The summed E-state index contributed by atoms with van der Waals surface area (Å²) in [6, 6.07) is 0.0707. The van der Waals surface area contributed by atoms with E-state index in [1.54, 1.807) is 0 Å². The van der Waals surface area contributed by atoms with Crippen LogP contribution in [0.4, 0.5) is 0 Å². The van der Waals surface area contributed by atoms with E-state index in [1.165, 1.54) is 0 Å². The van der Waals surface area contributed by atoms with Crippen LogP contribution in [0.15, 0.2) is 5.11 Å². The maximum absolute atomic E-state index is 11.7. The molecule has 15 heavy (non-hydrogen) atoms. The zero-order chi connectivity index (χ0) is 10.7. The molecule has 0 spiro atoms. The molecule has 0 atom stereocenters. The molecule has 6 heteroatoms. The van der Waals surface area contributed by atoms with E-state index in [2.05, 4.69) is 10.0 Å².